The maximum atomic E-state index is 8.59. The van der Waals surface area contributed by atoms with Gasteiger partial charge in [-0.15, -0.1) is 0 Å². The van der Waals surface area contributed by atoms with Crippen molar-refractivity contribution in [3.05, 3.63) is 35.8 Å². The van der Waals surface area contributed by atoms with Crippen LogP contribution in [0.25, 0.3) is 0 Å². The van der Waals surface area contributed by atoms with E-state index >= 15 is 0 Å². The maximum Gasteiger partial charge on any atom is 0.0669 e. The van der Waals surface area contributed by atoms with Gasteiger partial charge in [-0.25, -0.2) is 0 Å². The zero-order valence-corrected chi connectivity index (χ0v) is 4.45. The first-order valence-electron chi connectivity index (χ1n) is 5.72. The highest BCUT2D eigenvalue weighted by Gasteiger charge is 1.84. The van der Waals surface area contributed by atoms with E-state index in [-0.39, 0.29) is 0 Å². The van der Waals surface area contributed by atoms with Crippen LogP contribution in [0.3, 0.4) is 0 Å². The second-order valence-electron chi connectivity index (χ2n) is 1.24. The molecule has 0 atom stereocenters. The van der Waals surface area contributed by atoms with Gasteiger partial charge in [-0.05, 0) is 5.56 Å². The topological polar surface area (TPSA) is 23.8 Å². The normalized spacial score (nSPS) is 21.0. The molecule has 0 aliphatic carbocycles. The van der Waals surface area contributed by atoms with Crippen LogP contribution in [0.4, 0.5) is 0 Å². The molecule has 9 heavy (non-hydrogen) atoms. The van der Waals surface area contributed by atoms with Gasteiger partial charge in [0.25, 0.3) is 0 Å². The van der Waals surface area contributed by atoms with Gasteiger partial charge < -0.3 is 0 Å². The van der Waals surface area contributed by atoms with Crippen molar-refractivity contribution in [2.45, 2.75) is 6.37 Å². The molecule has 0 aliphatic heterocycles. The molecule has 0 N–H and O–H groups in total. The summed E-state index contributed by atoms with van der Waals surface area (Å²) in [5.41, 5.74) is -0.624. The van der Waals surface area contributed by atoms with E-state index in [2.05, 4.69) is 0 Å². The number of nitrogens with zero attached hydrogens (tertiary/aromatic N) is 1. The van der Waals surface area contributed by atoms with Crippen LogP contribution in [-0.4, -0.2) is 0 Å². The lowest BCUT2D eigenvalue weighted by Gasteiger charge is -1.88. The minimum Gasteiger partial charge on any atom is -0.198 e. The first-order chi connectivity index (χ1) is 7.24. The molecule has 0 aromatic heterocycles. The van der Waals surface area contributed by atoms with Crippen LogP contribution in [0.2, 0.25) is 0 Å². The fraction of sp³-hybridized carbons (Fsp3) is 0.125. The summed E-state index contributed by atoms with van der Waals surface area (Å²) < 4.78 is 51.4. The van der Waals surface area contributed by atoms with E-state index in [1.54, 1.807) is 0 Å². The number of hydrogen-bond acceptors (Lipinski definition) is 1. The van der Waals surface area contributed by atoms with Crippen molar-refractivity contribution in [2.75, 3.05) is 0 Å². The fourth-order valence-corrected chi connectivity index (χ4v) is 0.368. The van der Waals surface area contributed by atoms with Crippen LogP contribution >= 0.6 is 0 Å². The van der Waals surface area contributed by atoms with Crippen molar-refractivity contribution in [1.82, 2.24) is 0 Å². The number of hydrogen-bond donors (Lipinski definition) is 0. The van der Waals surface area contributed by atoms with Crippen molar-refractivity contribution in [3.63, 3.8) is 0 Å². The number of benzene rings is 1. The summed E-state index contributed by atoms with van der Waals surface area (Å²) in [4.78, 5) is 0. The molecule has 1 nitrogen and oxygen atoms in total. The van der Waals surface area contributed by atoms with Gasteiger partial charge in [-0.1, -0.05) is 30.2 Å². The van der Waals surface area contributed by atoms with Crippen LogP contribution in [-0.2, 0) is 6.37 Å². The van der Waals surface area contributed by atoms with Crippen LogP contribution in [0.1, 0.15) is 15.2 Å². The van der Waals surface area contributed by atoms with E-state index in [1.807, 2.05) is 0 Å². The molecule has 0 fully saturated rings. The van der Waals surface area contributed by atoms with Crippen molar-refractivity contribution in [2.24, 2.45) is 0 Å². The third-order valence-electron chi connectivity index (χ3n) is 0.681. The van der Waals surface area contributed by atoms with Gasteiger partial charge in [0.15, 0.2) is 0 Å². The van der Waals surface area contributed by atoms with Gasteiger partial charge in [0.2, 0.25) is 0 Å². The van der Waals surface area contributed by atoms with E-state index in [1.165, 1.54) is 6.07 Å². The van der Waals surface area contributed by atoms with Crippen molar-refractivity contribution >= 4 is 0 Å². The monoisotopic (exact) mass is 124 g/mol. The molecule has 0 spiro atoms. The summed E-state index contributed by atoms with van der Waals surface area (Å²) in [7, 11) is 0. The lowest BCUT2D eigenvalue weighted by Crippen LogP contribution is -1.76. The summed E-state index contributed by atoms with van der Waals surface area (Å²) in [6.07, 6.45) is -2.60. The Hall–Kier alpha value is -1.29. The first kappa shape index (κ1) is 1.60. The van der Waals surface area contributed by atoms with E-state index in [4.69, 9.17) is 14.9 Å². The third-order valence-corrected chi connectivity index (χ3v) is 0.681. The van der Waals surface area contributed by atoms with Crippen LogP contribution < -0.4 is 0 Å². The quantitative estimate of drug-likeness (QED) is 0.559. The van der Waals surface area contributed by atoms with E-state index in [9.17, 15) is 0 Å². The highest BCUT2D eigenvalue weighted by atomic mass is 14.2. The predicted molar refractivity (Wildman–Crippen MR) is 35.8 cm³/mol. The average Bonchev–Trinajstić information content (AvgIpc) is 2.23. The minimum atomic E-state index is -2.60. The Kier molecular flexibility index (Phi) is 0.514. The summed E-state index contributed by atoms with van der Waals surface area (Å²) >= 11 is 0. The molecule has 0 heterocycles. The Morgan fingerprint density at radius 2 is 2.22 bits per heavy atom. The molecule has 0 saturated heterocycles. The van der Waals surface area contributed by atoms with E-state index < -0.39 is 42.1 Å². The van der Waals surface area contributed by atoms with Gasteiger partial charge >= 0.3 is 0 Å². The highest BCUT2D eigenvalue weighted by Crippen LogP contribution is 1.96. The second-order valence-corrected chi connectivity index (χ2v) is 1.24. The molecule has 1 rings (SSSR count). The summed E-state index contributed by atoms with van der Waals surface area (Å²) in [5.74, 6) is 0. The zero-order valence-electron chi connectivity index (χ0n) is 11.4. The molecule has 1 aromatic rings. The molecule has 0 saturated carbocycles. The predicted octanol–water partition coefficient (Wildman–Crippen LogP) is 1.75. The standard InChI is InChI=1S/C8H7N/c9-7-6-8-4-2-1-3-5-8/h1-5H,6H2/i1D,2D,3D,4D,5D,6D2. The third kappa shape index (κ3) is 1.58. The Morgan fingerprint density at radius 1 is 1.56 bits per heavy atom. The van der Waals surface area contributed by atoms with Gasteiger partial charge in [-0.2, -0.15) is 5.26 Å². The molecule has 0 amide bonds. The highest BCUT2D eigenvalue weighted by molar-refractivity contribution is 5.17. The van der Waals surface area contributed by atoms with Gasteiger partial charge in [0.05, 0.1) is 19.3 Å². The SMILES string of the molecule is [2H]c1c([2H])c([2H])c(C([2H])([2H])C#N)c([2H])c1[2H]. The van der Waals surface area contributed by atoms with E-state index in [0.717, 1.165) is 0 Å². The van der Waals surface area contributed by atoms with Crippen LogP contribution in [0.5, 0.6) is 0 Å². The van der Waals surface area contributed by atoms with Crippen molar-refractivity contribution < 1.29 is 9.60 Å². The molecule has 44 valence electrons. The smallest absolute Gasteiger partial charge is 0.0669 e. The molecular weight excluding hydrogens is 110 g/mol. The molecule has 1 aromatic carbocycles. The molecular formula is C8H7N. The number of rotatable bonds is 1. The lowest BCUT2D eigenvalue weighted by atomic mass is 10.2. The molecule has 1 heteroatoms. The maximum absolute atomic E-state index is 8.59. The zero-order chi connectivity index (χ0) is 12.7. The Morgan fingerprint density at radius 3 is 2.78 bits per heavy atom. The Labute approximate surface area is 64.4 Å². The van der Waals surface area contributed by atoms with E-state index in [0.29, 0.717) is 0 Å². The molecule has 0 unspecified atom stereocenters. The summed E-state index contributed by atoms with van der Waals surface area (Å²) in [6, 6.07) is -1.98. The first-order valence-corrected chi connectivity index (χ1v) is 2.22. The largest absolute Gasteiger partial charge is 0.198 e. The lowest BCUT2D eigenvalue weighted by molar-refractivity contribution is 1.26. The minimum absolute atomic E-state index is 0.604. The van der Waals surface area contributed by atoms with Crippen LogP contribution in [0.15, 0.2) is 30.2 Å². The summed E-state index contributed by atoms with van der Waals surface area (Å²) in [6.45, 7) is 0. The summed E-state index contributed by atoms with van der Waals surface area (Å²) in [5, 5.41) is 8.59. The molecule has 0 aliphatic rings. The second kappa shape index (κ2) is 2.88. The average molecular weight is 124 g/mol. The Balaban J connectivity index is 3.73. The molecule has 0 radical (unpaired) electrons. The van der Waals surface area contributed by atoms with Gasteiger partial charge in [-0.3, -0.25) is 0 Å². The Bertz CT molecular complexity index is 459. The van der Waals surface area contributed by atoms with Gasteiger partial charge in [0.1, 0.15) is 0 Å². The van der Waals surface area contributed by atoms with Crippen molar-refractivity contribution in [1.29, 1.82) is 5.26 Å². The van der Waals surface area contributed by atoms with Crippen molar-refractivity contribution in [3.8, 4) is 6.07 Å². The number of nitriles is 1. The molecule has 0 bridgehead atoms. The van der Waals surface area contributed by atoms with Crippen LogP contribution in [0, 0.1) is 11.3 Å². The van der Waals surface area contributed by atoms with Gasteiger partial charge in [0, 0.05) is 2.74 Å². The fourth-order valence-electron chi connectivity index (χ4n) is 0.368.